The molecule has 1 aliphatic heterocycles. The van der Waals surface area contributed by atoms with E-state index in [1.165, 1.54) is 0 Å². The number of allylic oxidation sites excluding steroid dienone is 2. The van der Waals surface area contributed by atoms with Crippen LogP contribution in [0.15, 0.2) is 54.6 Å². The lowest BCUT2D eigenvalue weighted by atomic mass is 9.76. The van der Waals surface area contributed by atoms with Crippen molar-refractivity contribution in [3.63, 3.8) is 0 Å². The van der Waals surface area contributed by atoms with Crippen molar-refractivity contribution >= 4 is 17.3 Å². The van der Waals surface area contributed by atoms with Crippen molar-refractivity contribution in [3.05, 3.63) is 81.4 Å². The summed E-state index contributed by atoms with van der Waals surface area (Å²) < 4.78 is 0. The van der Waals surface area contributed by atoms with Gasteiger partial charge in [-0.1, -0.05) is 49.8 Å². The average Bonchev–Trinajstić information content (AvgIpc) is 3.23. The number of hydrogen-bond donors (Lipinski definition) is 2. The number of fused-ring (bicyclic) bond motifs is 3. The summed E-state index contributed by atoms with van der Waals surface area (Å²) in [5, 5.41) is 17.6. The van der Waals surface area contributed by atoms with Crippen LogP contribution in [0.5, 0.6) is 0 Å². The third-order valence-electron chi connectivity index (χ3n) is 5.92. The average molecular weight is 391 g/mol. The van der Waals surface area contributed by atoms with E-state index in [1.807, 2.05) is 24.3 Å². The van der Waals surface area contributed by atoms with Gasteiger partial charge < -0.3 is 10.6 Å². The van der Waals surface area contributed by atoms with E-state index < -0.39 is 0 Å². The number of carbonyl (C=O) groups is 1. The smallest absolute Gasteiger partial charge is 0.269 e. The second-order valence-electron chi connectivity index (χ2n) is 7.70. The van der Waals surface area contributed by atoms with Crippen LogP contribution in [0, 0.1) is 16.0 Å². The number of anilines is 1. The Balaban J connectivity index is 1.68. The van der Waals surface area contributed by atoms with Crippen LogP contribution in [-0.2, 0) is 0 Å². The van der Waals surface area contributed by atoms with Gasteiger partial charge in [-0.05, 0) is 36.0 Å². The predicted octanol–water partition coefficient (Wildman–Crippen LogP) is 4.95. The molecule has 3 unspecified atom stereocenters. The van der Waals surface area contributed by atoms with E-state index in [4.69, 9.17) is 0 Å². The third kappa shape index (κ3) is 3.62. The molecule has 2 N–H and O–H groups in total. The summed E-state index contributed by atoms with van der Waals surface area (Å²) in [7, 11) is 0. The molecule has 3 atom stereocenters. The van der Waals surface area contributed by atoms with Gasteiger partial charge in [0, 0.05) is 24.6 Å². The Morgan fingerprint density at radius 2 is 2.03 bits per heavy atom. The molecule has 150 valence electrons. The molecule has 2 aromatic carbocycles. The van der Waals surface area contributed by atoms with Crippen molar-refractivity contribution in [1.29, 1.82) is 0 Å². The first-order valence-corrected chi connectivity index (χ1v) is 10.2. The Hall–Kier alpha value is -3.15. The van der Waals surface area contributed by atoms with Gasteiger partial charge in [0.15, 0.2) is 0 Å². The maximum Gasteiger partial charge on any atom is 0.269 e. The number of rotatable bonds is 6. The minimum atomic E-state index is -0.383. The number of nitrogens with zero attached hydrogens (tertiary/aromatic N) is 1. The number of benzene rings is 2. The van der Waals surface area contributed by atoms with E-state index in [-0.39, 0.29) is 28.5 Å². The molecule has 1 amide bonds. The van der Waals surface area contributed by atoms with E-state index in [2.05, 4.69) is 35.8 Å². The fourth-order valence-corrected chi connectivity index (χ4v) is 4.42. The maximum atomic E-state index is 12.8. The molecule has 0 radical (unpaired) electrons. The van der Waals surface area contributed by atoms with Gasteiger partial charge in [-0.2, -0.15) is 0 Å². The lowest BCUT2D eigenvalue weighted by molar-refractivity contribution is -0.384. The highest BCUT2D eigenvalue weighted by molar-refractivity contribution is 6.00. The monoisotopic (exact) mass is 391 g/mol. The second-order valence-corrected chi connectivity index (χ2v) is 7.70. The first-order valence-electron chi connectivity index (χ1n) is 10.2. The molecule has 0 bridgehead atoms. The highest BCUT2D eigenvalue weighted by atomic mass is 16.6. The summed E-state index contributed by atoms with van der Waals surface area (Å²) in [6.07, 6.45) is 7.33. The van der Waals surface area contributed by atoms with Gasteiger partial charge in [-0.25, -0.2) is 0 Å². The van der Waals surface area contributed by atoms with Crippen LogP contribution in [-0.4, -0.2) is 17.4 Å². The Kier molecular flexibility index (Phi) is 5.34. The number of para-hydroxylation sites is 1. The maximum absolute atomic E-state index is 12.8. The number of hydrogen-bond acceptors (Lipinski definition) is 4. The Morgan fingerprint density at radius 3 is 2.76 bits per heavy atom. The molecule has 0 saturated heterocycles. The Bertz CT molecular complexity index is 952. The van der Waals surface area contributed by atoms with Crippen LogP contribution in [0.4, 0.5) is 11.4 Å². The molecule has 0 saturated carbocycles. The van der Waals surface area contributed by atoms with E-state index in [9.17, 15) is 14.9 Å². The van der Waals surface area contributed by atoms with Crippen LogP contribution in [0.2, 0.25) is 0 Å². The minimum Gasteiger partial charge on any atom is -0.377 e. The van der Waals surface area contributed by atoms with Crippen LogP contribution < -0.4 is 10.6 Å². The molecule has 29 heavy (non-hydrogen) atoms. The van der Waals surface area contributed by atoms with Crippen molar-refractivity contribution in [2.75, 3.05) is 11.9 Å². The molecule has 6 heteroatoms. The molecule has 2 aromatic rings. The van der Waals surface area contributed by atoms with Crippen molar-refractivity contribution in [2.45, 2.75) is 38.1 Å². The summed E-state index contributed by atoms with van der Waals surface area (Å²) >= 11 is 0. The lowest BCUT2D eigenvalue weighted by Gasteiger charge is -2.38. The molecule has 6 nitrogen and oxygen atoms in total. The molecule has 1 heterocycles. The van der Waals surface area contributed by atoms with E-state index in [0.717, 1.165) is 36.1 Å². The van der Waals surface area contributed by atoms with Gasteiger partial charge >= 0.3 is 0 Å². The fraction of sp³-hybridized carbons (Fsp3) is 0.348. The quantitative estimate of drug-likeness (QED) is 0.316. The summed E-state index contributed by atoms with van der Waals surface area (Å²) in [6.45, 7) is 2.76. The summed E-state index contributed by atoms with van der Waals surface area (Å²) in [5.41, 5.74) is 3.76. The molecule has 4 rings (SSSR count). The molecule has 0 fully saturated rings. The first kappa shape index (κ1) is 19.2. The van der Waals surface area contributed by atoms with Crippen LogP contribution >= 0.6 is 0 Å². The Morgan fingerprint density at radius 1 is 1.24 bits per heavy atom. The van der Waals surface area contributed by atoms with Crippen LogP contribution in [0.3, 0.4) is 0 Å². The molecular formula is C23H25N3O3. The van der Waals surface area contributed by atoms with Gasteiger partial charge in [0.05, 0.1) is 22.2 Å². The van der Waals surface area contributed by atoms with Gasteiger partial charge in [-0.3, -0.25) is 14.9 Å². The zero-order chi connectivity index (χ0) is 20.4. The van der Waals surface area contributed by atoms with E-state index >= 15 is 0 Å². The number of unbranched alkanes of at least 4 members (excludes halogenated alkanes) is 1. The predicted molar refractivity (Wildman–Crippen MR) is 113 cm³/mol. The summed E-state index contributed by atoms with van der Waals surface area (Å²) in [5.74, 6) is 0.489. The zero-order valence-corrected chi connectivity index (χ0v) is 16.4. The highest BCUT2D eigenvalue weighted by Crippen LogP contribution is 2.50. The molecule has 0 aromatic heterocycles. The largest absolute Gasteiger partial charge is 0.377 e. The number of carbonyl (C=O) groups excluding carboxylic acids is 1. The first-order chi connectivity index (χ1) is 14.1. The third-order valence-corrected chi connectivity index (χ3v) is 5.92. The molecule has 2 aliphatic rings. The van der Waals surface area contributed by atoms with E-state index in [1.54, 1.807) is 12.1 Å². The second kappa shape index (κ2) is 8.07. The molecule has 0 spiro atoms. The van der Waals surface area contributed by atoms with Gasteiger partial charge in [-0.15, -0.1) is 0 Å². The fourth-order valence-electron chi connectivity index (χ4n) is 4.42. The van der Waals surface area contributed by atoms with Gasteiger partial charge in [0.2, 0.25) is 0 Å². The minimum absolute atomic E-state index is 0.00658. The SMILES string of the molecule is CCCCNC(=O)c1cccc2c1NC(c1ccc([N+](=O)[O-])cc1)C1CC=CC21. The van der Waals surface area contributed by atoms with Gasteiger partial charge in [0.25, 0.3) is 11.6 Å². The number of nitro groups is 1. The van der Waals surface area contributed by atoms with Crippen molar-refractivity contribution in [3.8, 4) is 0 Å². The normalized spacial score (nSPS) is 21.8. The number of amides is 1. The van der Waals surface area contributed by atoms with Crippen LogP contribution in [0.25, 0.3) is 0 Å². The molecular weight excluding hydrogens is 366 g/mol. The Labute approximate surface area is 170 Å². The molecule has 1 aliphatic carbocycles. The topological polar surface area (TPSA) is 84.3 Å². The number of non-ortho nitro benzene ring substituents is 1. The standard InChI is InChI=1S/C23H25N3O3/c1-2-3-14-24-23(27)20-9-5-8-19-17-6-4-7-18(17)21(25-22(19)20)15-10-12-16(13-11-15)26(28)29/h4-6,8-13,17-18,21,25H,2-3,7,14H2,1H3,(H,24,27). The van der Waals surface area contributed by atoms with Crippen molar-refractivity contribution in [1.82, 2.24) is 5.32 Å². The number of nitro benzene ring substituents is 1. The zero-order valence-electron chi connectivity index (χ0n) is 16.4. The lowest BCUT2D eigenvalue weighted by Crippen LogP contribution is -2.32. The van der Waals surface area contributed by atoms with Crippen molar-refractivity contribution < 1.29 is 9.72 Å². The van der Waals surface area contributed by atoms with Crippen molar-refractivity contribution in [2.24, 2.45) is 5.92 Å². The highest BCUT2D eigenvalue weighted by Gasteiger charge is 2.39. The summed E-state index contributed by atoms with van der Waals surface area (Å²) in [6, 6.07) is 12.6. The summed E-state index contributed by atoms with van der Waals surface area (Å²) in [4.78, 5) is 23.4. The van der Waals surface area contributed by atoms with Gasteiger partial charge in [0.1, 0.15) is 0 Å². The van der Waals surface area contributed by atoms with Crippen LogP contribution in [0.1, 0.15) is 59.6 Å². The van der Waals surface area contributed by atoms with E-state index in [0.29, 0.717) is 18.0 Å². The number of nitrogens with one attached hydrogen (secondary N) is 2.